The van der Waals surface area contributed by atoms with Gasteiger partial charge in [0, 0.05) is 27.6 Å². The van der Waals surface area contributed by atoms with Gasteiger partial charge in [-0.3, -0.25) is 4.98 Å². The first-order valence-corrected chi connectivity index (χ1v) is 21.4. The van der Waals surface area contributed by atoms with Gasteiger partial charge < -0.3 is 4.40 Å². The van der Waals surface area contributed by atoms with Crippen LogP contribution in [0.3, 0.4) is 0 Å². The lowest BCUT2D eigenvalue weighted by Gasteiger charge is -2.15. The first-order valence-electron chi connectivity index (χ1n) is 21.4. The van der Waals surface area contributed by atoms with E-state index in [1.165, 1.54) is 48.8 Å². The average Bonchev–Trinajstić information content (AvgIpc) is 3.71. The highest BCUT2D eigenvalue weighted by Gasteiger charge is 2.19. The lowest BCUT2D eigenvalue weighted by Crippen LogP contribution is -1.98. The average molecular weight is 801 g/mol. The smallest absolute Gasteiger partial charge is 0.161 e. The molecule has 0 fully saturated rings. The van der Waals surface area contributed by atoms with E-state index in [1.54, 1.807) is 0 Å². The maximum absolute atomic E-state index is 5.44. The predicted octanol–water partition coefficient (Wildman–Crippen LogP) is 15.4. The minimum atomic E-state index is 0.704. The summed E-state index contributed by atoms with van der Waals surface area (Å²) < 4.78 is 2.34. The summed E-state index contributed by atoms with van der Waals surface area (Å²) in [6, 6.07) is 76.0. The predicted molar refractivity (Wildman–Crippen MR) is 263 cm³/mol. The van der Waals surface area contributed by atoms with Crippen molar-refractivity contribution >= 4 is 70.5 Å². The molecule has 0 amide bonds. The third kappa shape index (κ3) is 5.66. The van der Waals surface area contributed by atoms with Crippen LogP contribution >= 0.6 is 0 Å². The zero-order valence-electron chi connectivity index (χ0n) is 34.1. The third-order valence-corrected chi connectivity index (χ3v) is 12.8. The summed E-state index contributed by atoms with van der Waals surface area (Å²) in [4.78, 5) is 15.7. The summed E-state index contributed by atoms with van der Waals surface area (Å²) in [5, 5.41) is 10.7. The zero-order chi connectivity index (χ0) is 41.4. The second kappa shape index (κ2) is 14.1. The maximum Gasteiger partial charge on any atom is 0.161 e. The molecule has 0 spiro atoms. The molecular weight excluding hydrogens is 765 g/mol. The highest BCUT2D eigenvalue weighted by molar-refractivity contribution is 6.15. The monoisotopic (exact) mass is 800 g/mol. The first-order chi connectivity index (χ1) is 31.2. The molecule has 0 aliphatic carbocycles. The van der Waals surface area contributed by atoms with Crippen molar-refractivity contribution in [2.24, 2.45) is 0 Å². The standard InChI is InChI=1S/C59H36N4/c1-3-15-43-41(13-1)33-50(47-19-7-5-17-45(43)47)54-35-53(61-59(62-54)51-34-42-14-2-4-16-44(42)46-18-6-8-20-48(46)51)39-29-25-37(26-30-39)38-27-31-40(32-28-38)58-49-21-9-11-23-55(49)63-56-24-12-10-22-52(56)60-36-57(58)63/h1-36H. The summed E-state index contributed by atoms with van der Waals surface area (Å²) in [5.41, 5.74) is 13.9. The molecular formula is C59H36N4. The second-order valence-corrected chi connectivity index (χ2v) is 16.4. The molecule has 3 aromatic heterocycles. The molecule has 10 aromatic carbocycles. The zero-order valence-corrected chi connectivity index (χ0v) is 34.1. The SMILES string of the molecule is c1ccc2c(c1)cc(-c1cc(-c3ccc(-c4ccc(-c5c6ccccc6n6c5cnc5ccccc56)cc4)cc3)nc(-c3cc4ccccc4c4ccccc34)n1)c1ccccc12. The molecule has 3 heterocycles. The number of fused-ring (bicyclic) bond motifs is 11. The van der Waals surface area contributed by atoms with E-state index in [9.17, 15) is 0 Å². The van der Waals surface area contributed by atoms with Crippen molar-refractivity contribution in [3.63, 3.8) is 0 Å². The van der Waals surface area contributed by atoms with Crippen LogP contribution in [-0.4, -0.2) is 19.4 Å². The Morgan fingerprint density at radius 3 is 1.46 bits per heavy atom. The summed E-state index contributed by atoms with van der Waals surface area (Å²) >= 11 is 0. The van der Waals surface area contributed by atoms with Crippen LogP contribution in [0.4, 0.5) is 0 Å². The first kappa shape index (κ1) is 35.3. The van der Waals surface area contributed by atoms with E-state index in [-0.39, 0.29) is 0 Å². The molecule has 0 aliphatic heterocycles. The van der Waals surface area contributed by atoms with Gasteiger partial charge in [-0.05, 0) is 96.2 Å². The highest BCUT2D eigenvalue weighted by atomic mass is 14.9. The van der Waals surface area contributed by atoms with Crippen LogP contribution in [0, 0.1) is 0 Å². The van der Waals surface area contributed by atoms with Crippen LogP contribution in [0.25, 0.3) is 127 Å². The van der Waals surface area contributed by atoms with E-state index in [1.807, 2.05) is 12.3 Å². The Balaban J connectivity index is 0.941. The molecule has 0 atom stereocenters. The fraction of sp³-hybridized carbons (Fsp3) is 0. The number of rotatable bonds is 5. The van der Waals surface area contributed by atoms with Gasteiger partial charge in [-0.1, -0.05) is 176 Å². The Morgan fingerprint density at radius 2 is 0.794 bits per heavy atom. The summed E-state index contributed by atoms with van der Waals surface area (Å²) in [5.74, 6) is 0.704. The molecule has 0 saturated heterocycles. The number of aromatic nitrogens is 4. The molecule has 0 aliphatic rings. The van der Waals surface area contributed by atoms with Crippen LogP contribution < -0.4 is 0 Å². The number of hydrogen-bond donors (Lipinski definition) is 0. The Kier molecular flexibility index (Phi) is 7.87. The largest absolute Gasteiger partial charge is 0.306 e. The molecule has 0 bridgehead atoms. The van der Waals surface area contributed by atoms with Gasteiger partial charge in [0.25, 0.3) is 0 Å². The van der Waals surface area contributed by atoms with E-state index in [2.05, 4.69) is 211 Å². The number of para-hydroxylation sites is 3. The molecule has 13 aromatic rings. The van der Waals surface area contributed by atoms with Crippen LogP contribution in [-0.2, 0) is 0 Å². The molecule has 0 N–H and O–H groups in total. The van der Waals surface area contributed by atoms with E-state index in [0.717, 1.165) is 72.1 Å². The minimum absolute atomic E-state index is 0.704. The molecule has 0 unspecified atom stereocenters. The molecule has 0 saturated carbocycles. The maximum atomic E-state index is 5.44. The highest BCUT2D eigenvalue weighted by Crippen LogP contribution is 2.41. The van der Waals surface area contributed by atoms with E-state index < -0.39 is 0 Å². The lowest BCUT2D eigenvalue weighted by molar-refractivity contribution is 1.19. The van der Waals surface area contributed by atoms with Gasteiger partial charge in [0.05, 0.1) is 39.7 Å². The van der Waals surface area contributed by atoms with Crippen LogP contribution in [0.2, 0.25) is 0 Å². The van der Waals surface area contributed by atoms with Gasteiger partial charge in [-0.25, -0.2) is 9.97 Å². The lowest BCUT2D eigenvalue weighted by atomic mass is 9.94. The van der Waals surface area contributed by atoms with Crippen molar-refractivity contribution < 1.29 is 0 Å². The second-order valence-electron chi connectivity index (χ2n) is 16.4. The van der Waals surface area contributed by atoms with Crippen molar-refractivity contribution in [2.45, 2.75) is 0 Å². The molecule has 63 heavy (non-hydrogen) atoms. The van der Waals surface area contributed by atoms with Crippen molar-refractivity contribution in [3.8, 4) is 56.2 Å². The third-order valence-electron chi connectivity index (χ3n) is 12.8. The minimum Gasteiger partial charge on any atom is -0.306 e. The molecule has 4 heteroatoms. The van der Waals surface area contributed by atoms with Crippen molar-refractivity contribution in [3.05, 3.63) is 219 Å². The topological polar surface area (TPSA) is 43.1 Å². The molecule has 13 rings (SSSR count). The van der Waals surface area contributed by atoms with E-state index in [4.69, 9.17) is 15.0 Å². The quantitative estimate of drug-likeness (QED) is 0.163. The van der Waals surface area contributed by atoms with Gasteiger partial charge in [0.1, 0.15) is 0 Å². The Hall–Kier alpha value is -8.47. The van der Waals surface area contributed by atoms with Crippen LogP contribution in [0.5, 0.6) is 0 Å². The Bertz CT molecular complexity index is 3820. The van der Waals surface area contributed by atoms with Crippen molar-refractivity contribution in [2.75, 3.05) is 0 Å². The van der Waals surface area contributed by atoms with Gasteiger partial charge >= 0.3 is 0 Å². The van der Waals surface area contributed by atoms with Crippen LogP contribution in [0.1, 0.15) is 0 Å². The van der Waals surface area contributed by atoms with Gasteiger partial charge in [0.2, 0.25) is 0 Å². The van der Waals surface area contributed by atoms with E-state index >= 15 is 0 Å². The van der Waals surface area contributed by atoms with Gasteiger partial charge in [-0.2, -0.15) is 0 Å². The van der Waals surface area contributed by atoms with Gasteiger partial charge in [-0.15, -0.1) is 0 Å². The summed E-state index contributed by atoms with van der Waals surface area (Å²) in [6.07, 6.45) is 2.01. The number of hydrogen-bond acceptors (Lipinski definition) is 3. The number of benzene rings is 10. The van der Waals surface area contributed by atoms with Crippen molar-refractivity contribution in [1.82, 2.24) is 19.4 Å². The van der Waals surface area contributed by atoms with Crippen molar-refractivity contribution in [1.29, 1.82) is 0 Å². The Labute approximate surface area is 363 Å². The Morgan fingerprint density at radius 1 is 0.317 bits per heavy atom. The fourth-order valence-corrected chi connectivity index (χ4v) is 9.86. The van der Waals surface area contributed by atoms with E-state index in [0.29, 0.717) is 5.82 Å². The molecule has 292 valence electrons. The summed E-state index contributed by atoms with van der Waals surface area (Å²) in [7, 11) is 0. The number of nitrogens with zero attached hydrogens (tertiary/aromatic N) is 4. The summed E-state index contributed by atoms with van der Waals surface area (Å²) in [6.45, 7) is 0. The molecule has 0 radical (unpaired) electrons. The normalized spacial score (nSPS) is 11.8. The fourth-order valence-electron chi connectivity index (χ4n) is 9.86. The molecule has 4 nitrogen and oxygen atoms in total. The van der Waals surface area contributed by atoms with Crippen LogP contribution in [0.15, 0.2) is 219 Å². The van der Waals surface area contributed by atoms with Gasteiger partial charge in [0.15, 0.2) is 5.82 Å².